The first-order chi connectivity index (χ1) is 6.54. The Kier molecular flexibility index (Phi) is 3.92. The zero-order valence-corrected chi connectivity index (χ0v) is 9.48. The molecule has 0 bridgehead atoms. The number of ether oxygens (including phenoxy) is 1. The van der Waals surface area contributed by atoms with E-state index < -0.39 is 9.84 Å². The summed E-state index contributed by atoms with van der Waals surface area (Å²) in [7, 11) is -1.19. The van der Waals surface area contributed by atoms with Crippen molar-refractivity contribution < 1.29 is 13.2 Å². The molecule has 14 heavy (non-hydrogen) atoms. The van der Waals surface area contributed by atoms with E-state index in [1.165, 1.54) is 0 Å². The van der Waals surface area contributed by atoms with Gasteiger partial charge in [-0.1, -0.05) is 0 Å². The van der Waals surface area contributed by atoms with E-state index >= 15 is 0 Å². The van der Waals surface area contributed by atoms with E-state index in [9.17, 15) is 8.42 Å². The quantitative estimate of drug-likeness (QED) is 0.745. The Morgan fingerprint density at radius 2 is 2.07 bits per heavy atom. The van der Waals surface area contributed by atoms with Crippen LogP contribution in [0, 0.1) is 0 Å². The molecular formula is C9H19NO3S. The van der Waals surface area contributed by atoms with Gasteiger partial charge in [0.2, 0.25) is 0 Å². The van der Waals surface area contributed by atoms with Crippen LogP contribution in [0.1, 0.15) is 25.7 Å². The number of hydrogen-bond acceptors (Lipinski definition) is 4. The molecule has 1 aliphatic rings. The molecule has 1 rings (SSSR count). The van der Waals surface area contributed by atoms with Gasteiger partial charge < -0.3 is 10.5 Å². The van der Waals surface area contributed by atoms with Crippen molar-refractivity contribution in [2.45, 2.75) is 31.3 Å². The Hall–Kier alpha value is -0.130. The molecular weight excluding hydrogens is 202 g/mol. The molecule has 0 saturated carbocycles. The predicted molar refractivity (Wildman–Crippen MR) is 55.9 cm³/mol. The van der Waals surface area contributed by atoms with Crippen molar-refractivity contribution in [1.29, 1.82) is 0 Å². The second-order valence-electron chi connectivity index (χ2n) is 3.93. The third-order valence-electron chi connectivity index (χ3n) is 2.99. The van der Waals surface area contributed by atoms with Gasteiger partial charge >= 0.3 is 0 Å². The molecule has 1 unspecified atom stereocenters. The molecule has 0 aliphatic carbocycles. The normalized spacial score (nSPS) is 32.4. The summed E-state index contributed by atoms with van der Waals surface area (Å²) < 4.78 is 28.2. The average Bonchev–Trinajstić information content (AvgIpc) is 2.27. The minimum atomic E-state index is -2.84. The zero-order valence-electron chi connectivity index (χ0n) is 8.66. The van der Waals surface area contributed by atoms with Gasteiger partial charge in [0, 0.05) is 7.11 Å². The van der Waals surface area contributed by atoms with Gasteiger partial charge in [-0.2, -0.15) is 0 Å². The highest BCUT2D eigenvalue weighted by Crippen LogP contribution is 2.29. The lowest BCUT2D eigenvalue weighted by Crippen LogP contribution is -2.34. The molecule has 1 heterocycles. The van der Waals surface area contributed by atoms with E-state index in [0.29, 0.717) is 25.1 Å². The zero-order chi connectivity index (χ0) is 10.7. The molecule has 0 amide bonds. The molecule has 1 fully saturated rings. The fourth-order valence-corrected chi connectivity index (χ4v) is 3.47. The highest BCUT2D eigenvalue weighted by Gasteiger charge is 2.33. The highest BCUT2D eigenvalue weighted by atomic mass is 32.2. The Bertz CT molecular complexity index is 276. The maximum atomic E-state index is 11.4. The monoisotopic (exact) mass is 221 g/mol. The first kappa shape index (κ1) is 11.9. The van der Waals surface area contributed by atoms with Crippen LogP contribution in [0.25, 0.3) is 0 Å². The molecule has 0 aromatic carbocycles. The molecule has 1 atom stereocenters. The number of rotatable bonds is 3. The van der Waals surface area contributed by atoms with Gasteiger partial charge in [0.1, 0.15) is 9.84 Å². The lowest BCUT2D eigenvalue weighted by atomic mass is 9.91. The first-order valence-electron chi connectivity index (χ1n) is 4.99. The lowest BCUT2D eigenvalue weighted by Gasteiger charge is -2.30. The van der Waals surface area contributed by atoms with Gasteiger partial charge in [0.25, 0.3) is 0 Å². The van der Waals surface area contributed by atoms with E-state index in [2.05, 4.69) is 0 Å². The standard InChI is InChI=1S/C9H19NO3S/c1-13-9(4-6-10)3-2-7-14(11,12)8-5-9/h2-8,10H2,1H3. The van der Waals surface area contributed by atoms with Crippen LogP contribution in [-0.2, 0) is 14.6 Å². The molecule has 1 aliphatic heterocycles. The molecule has 0 spiro atoms. The van der Waals surface area contributed by atoms with Crippen LogP contribution in [0.3, 0.4) is 0 Å². The summed E-state index contributed by atoms with van der Waals surface area (Å²) in [5, 5.41) is 0. The van der Waals surface area contributed by atoms with Gasteiger partial charge in [-0.15, -0.1) is 0 Å². The minimum absolute atomic E-state index is 0.237. The minimum Gasteiger partial charge on any atom is -0.378 e. The largest absolute Gasteiger partial charge is 0.378 e. The molecule has 84 valence electrons. The number of methoxy groups -OCH3 is 1. The third kappa shape index (κ3) is 2.93. The van der Waals surface area contributed by atoms with Crippen molar-refractivity contribution in [3.8, 4) is 0 Å². The number of sulfone groups is 1. The van der Waals surface area contributed by atoms with Crippen molar-refractivity contribution in [3.63, 3.8) is 0 Å². The van der Waals surface area contributed by atoms with E-state index in [0.717, 1.165) is 12.8 Å². The molecule has 0 radical (unpaired) electrons. The smallest absolute Gasteiger partial charge is 0.150 e. The first-order valence-corrected chi connectivity index (χ1v) is 6.81. The summed E-state index contributed by atoms with van der Waals surface area (Å²) in [5.41, 5.74) is 5.22. The van der Waals surface area contributed by atoms with Gasteiger partial charge in [0.15, 0.2) is 0 Å². The van der Waals surface area contributed by atoms with Gasteiger partial charge in [0.05, 0.1) is 17.1 Å². The summed E-state index contributed by atoms with van der Waals surface area (Å²) in [6.45, 7) is 0.549. The Labute approximate surface area is 85.7 Å². The van der Waals surface area contributed by atoms with Crippen LogP contribution in [0.15, 0.2) is 0 Å². The second kappa shape index (κ2) is 4.59. The van der Waals surface area contributed by atoms with Gasteiger partial charge in [-0.3, -0.25) is 0 Å². The average molecular weight is 221 g/mol. The van der Waals surface area contributed by atoms with Crippen LogP contribution in [0.2, 0.25) is 0 Å². The Balaban J connectivity index is 2.71. The summed E-state index contributed by atoms with van der Waals surface area (Å²) in [4.78, 5) is 0. The summed E-state index contributed by atoms with van der Waals surface area (Å²) in [5.74, 6) is 0.531. The van der Waals surface area contributed by atoms with Crippen LogP contribution in [0.5, 0.6) is 0 Å². The number of hydrogen-bond donors (Lipinski definition) is 1. The van der Waals surface area contributed by atoms with Crippen molar-refractivity contribution in [2.75, 3.05) is 25.2 Å². The summed E-state index contributed by atoms with van der Waals surface area (Å²) in [6, 6.07) is 0. The van der Waals surface area contributed by atoms with Crippen molar-refractivity contribution in [3.05, 3.63) is 0 Å². The second-order valence-corrected chi connectivity index (χ2v) is 6.23. The molecule has 0 aromatic rings. The van der Waals surface area contributed by atoms with Gasteiger partial charge in [-0.05, 0) is 32.2 Å². The lowest BCUT2D eigenvalue weighted by molar-refractivity contribution is -0.0238. The molecule has 5 heteroatoms. The maximum Gasteiger partial charge on any atom is 0.150 e. The summed E-state index contributed by atoms with van der Waals surface area (Å²) >= 11 is 0. The van der Waals surface area contributed by atoms with Crippen molar-refractivity contribution >= 4 is 9.84 Å². The third-order valence-corrected chi connectivity index (χ3v) is 4.73. The summed E-state index contributed by atoms with van der Waals surface area (Å²) in [6.07, 6.45) is 2.83. The maximum absolute atomic E-state index is 11.4. The Morgan fingerprint density at radius 3 is 2.64 bits per heavy atom. The van der Waals surface area contributed by atoms with Crippen molar-refractivity contribution in [1.82, 2.24) is 0 Å². The van der Waals surface area contributed by atoms with Crippen LogP contribution in [0.4, 0.5) is 0 Å². The Morgan fingerprint density at radius 1 is 1.36 bits per heavy atom. The SMILES string of the molecule is COC1(CCN)CCCS(=O)(=O)CC1. The van der Waals surface area contributed by atoms with E-state index in [4.69, 9.17) is 10.5 Å². The molecule has 1 saturated heterocycles. The van der Waals surface area contributed by atoms with Crippen molar-refractivity contribution in [2.24, 2.45) is 5.73 Å². The van der Waals surface area contributed by atoms with Crippen LogP contribution >= 0.6 is 0 Å². The van der Waals surface area contributed by atoms with Crippen LogP contribution < -0.4 is 5.73 Å². The fraction of sp³-hybridized carbons (Fsp3) is 1.00. The van der Waals surface area contributed by atoms with E-state index in [-0.39, 0.29) is 11.4 Å². The molecule has 0 aromatic heterocycles. The van der Waals surface area contributed by atoms with E-state index in [1.54, 1.807) is 7.11 Å². The predicted octanol–water partition coefficient (Wildman–Crippen LogP) is 0.319. The highest BCUT2D eigenvalue weighted by molar-refractivity contribution is 7.91. The fourth-order valence-electron chi connectivity index (χ4n) is 2.00. The topological polar surface area (TPSA) is 69.4 Å². The number of nitrogens with two attached hydrogens (primary N) is 1. The molecule has 2 N–H and O–H groups in total. The molecule has 4 nitrogen and oxygen atoms in total. The van der Waals surface area contributed by atoms with Crippen LogP contribution in [-0.4, -0.2) is 39.2 Å². The van der Waals surface area contributed by atoms with E-state index in [1.807, 2.05) is 0 Å². The van der Waals surface area contributed by atoms with Gasteiger partial charge in [-0.25, -0.2) is 8.42 Å².